The standard InChI is InChI=1S/C21H24N2O5/c1-2-3-4-5-10-23-20(26)17-12-15(6-9-19(17)28-21(23)27)22-13-14-11-16(24)7-8-18(14)25/h6-9,11-12,22,24-25H,2-5,10,13H2,1H3. The Kier molecular flexibility index (Phi) is 6.03. The number of aromatic hydroxyl groups is 2. The second kappa shape index (κ2) is 8.65. The quantitative estimate of drug-likeness (QED) is 0.405. The lowest BCUT2D eigenvalue weighted by Crippen LogP contribution is -2.32. The molecule has 0 aliphatic carbocycles. The molecule has 0 aliphatic heterocycles. The number of anilines is 1. The maximum Gasteiger partial charge on any atom is 0.422 e. The van der Waals surface area contributed by atoms with Crippen LogP contribution in [-0.4, -0.2) is 14.8 Å². The molecule has 2 aromatic carbocycles. The normalized spacial score (nSPS) is 11.0. The van der Waals surface area contributed by atoms with Crippen LogP contribution in [0.2, 0.25) is 0 Å². The van der Waals surface area contributed by atoms with Crippen LogP contribution in [-0.2, 0) is 13.1 Å². The van der Waals surface area contributed by atoms with Crippen molar-refractivity contribution in [3.8, 4) is 11.5 Å². The number of benzene rings is 2. The van der Waals surface area contributed by atoms with E-state index in [9.17, 15) is 19.8 Å². The lowest BCUT2D eigenvalue weighted by atomic mass is 10.1. The highest BCUT2D eigenvalue weighted by atomic mass is 16.4. The number of phenols is 2. The summed E-state index contributed by atoms with van der Waals surface area (Å²) in [5.41, 5.74) is 1.03. The molecule has 28 heavy (non-hydrogen) atoms. The van der Waals surface area contributed by atoms with E-state index in [1.54, 1.807) is 18.2 Å². The molecule has 3 rings (SSSR count). The molecule has 3 N–H and O–H groups in total. The second-order valence-corrected chi connectivity index (χ2v) is 6.76. The number of phenolic OH excluding ortho intramolecular Hbond substituents is 2. The maximum atomic E-state index is 12.7. The van der Waals surface area contributed by atoms with E-state index < -0.39 is 5.76 Å². The SMILES string of the molecule is CCCCCCn1c(=O)oc2ccc(NCc3cc(O)ccc3O)cc2c1=O. The van der Waals surface area contributed by atoms with Crippen molar-refractivity contribution >= 4 is 16.7 Å². The predicted molar refractivity (Wildman–Crippen MR) is 108 cm³/mol. The number of hydrogen-bond acceptors (Lipinski definition) is 6. The summed E-state index contributed by atoms with van der Waals surface area (Å²) in [5, 5.41) is 22.8. The smallest absolute Gasteiger partial charge is 0.422 e. The van der Waals surface area contributed by atoms with Crippen LogP contribution in [0.15, 0.2) is 50.4 Å². The Labute approximate surface area is 161 Å². The van der Waals surface area contributed by atoms with Crippen molar-refractivity contribution < 1.29 is 14.6 Å². The van der Waals surface area contributed by atoms with Gasteiger partial charge in [-0.2, -0.15) is 0 Å². The summed E-state index contributed by atoms with van der Waals surface area (Å²) in [7, 11) is 0. The third-order valence-electron chi connectivity index (χ3n) is 4.65. The van der Waals surface area contributed by atoms with Crippen LogP contribution < -0.4 is 16.6 Å². The lowest BCUT2D eigenvalue weighted by Gasteiger charge is -2.10. The maximum absolute atomic E-state index is 12.7. The van der Waals surface area contributed by atoms with Crippen molar-refractivity contribution in [3.63, 3.8) is 0 Å². The van der Waals surface area contributed by atoms with E-state index in [0.717, 1.165) is 30.3 Å². The first-order valence-electron chi connectivity index (χ1n) is 9.42. The molecule has 0 unspecified atom stereocenters. The van der Waals surface area contributed by atoms with Crippen molar-refractivity contribution in [2.75, 3.05) is 5.32 Å². The molecule has 0 fully saturated rings. The molecule has 0 saturated carbocycles. The monoisotopic (exact) mass is 384 g/mol. The van der Waals surface area contributed by atoms with Gasteiger partial charge in [-0.25, -0.2) is 9.36 Å². The second-order valence-electron chi connectivity index (χ2n) is 6.76. The zero-order valence-corrected chi connectivity index (χ0v) is 15.8. The number of fused-ring (bicyclic) bond motifs is 1. The van der Waals surface area contributed by atoms with Crippen LogP contribution in [0, 0.1) is 0 Å². The van der Waals surface area contributed by atoms with E-state index in [0.29, 0.717) is 23.2 Å². The fourth-order valence-corrected chi connectivity index (χ4v) is 3.07. The summed E-state index contributed by atoms with van der Waals surface area (Å²) in [5.74, 6) is -0.522. The average molecular weight is 384 g/mol. The van der Waals surface area contributed by atoms with Crippen LogP contribution in [0.4, 0.5) is 5.69 Å². The van der Waals surface area contributed by atoms with E-state index in [2.05, 4.69) is 12.2 Å². The van der Waals surface area contributed by atoms with Gasteiger partial charge in [0.05, 0.1) is 5.39 Å². The summed E-state index contributed by atoms with van der Waals surface area (Å²) in [6.07, 6.45) is 3.84. The molecular weight excluding hydrogens is 360 g/mol. The van der Waals surface area contributed by atoms with E-state index in [1.807, 2.05) is 0 Å². The van der Waals surface area contributed by atoms with Gasteiger partial charge in [0.15, 0.2) is 0 Å². The average Bonchev–Trinajstić information content (AvgIpc) is 2.68. The van der Waals surface area contributed by atoms with Crippen LogP contribution >= 0.6 is 0 Å². The zero-order chi connectivity index (χ0) is 20.1. The highest BCUT2D eigenvalue weighted by molar-refractivity contribution is 5.79. The van der Waals surface area contributed by atoms with E-state index in [1.165, 1.54) is 18.2 Å². The molecule has 0 bridgehead atoms. The predicted octanol–water partition coefficient (Wildman–Crippen LogP) is 3.56. The minimum atomic E-state index is -0.639. The van der Waals surface area contributed by atoms with Crippen LogP contribution in [0.5, 0.6) is 11.5 Å². The summed E-state index contributed by atoms with van der Waals surface area (Å²) < 4.78 is 6.43. The number of rotatable bonds is 8. The first kappa shape index (κ1) is 19.5. The molecule has 7 heteroatoms. The van der Waals surface area contributed by atoms with Gasteiger partial charge >= 0.3 is 5.76 Å². The van der Waals surface area contributed by atoms with Gasteiger partial charge in [0, 0.05) is 24.3 Å². The number of unbranched alkanes of at least 4 members (excludes halogenated alkanes) is 3. The van der Waals surface area contributed by atoms with Crippen LogP contribution in [0.25, 0.3) is 11.0 Å². The molecule has 148 valence electrons. The van der Waals surface area contributed by atoms with Crippen molar-refractivity contribution in [2.45, 2.75) is 45.7 Å². The van der Waals surface area contributed by atoms with Crippen LogP contribution in [0.3, 0.4) is 0 Å². The topological polar surface area (TPSA) is 105 Å². The molecule has 0 amide bonds. The third kappa shape index (κ3) is 4.36. The molecule has 1 heterocycles. The number of nitrogens with zero attached hydrogens (tertiary/aromatic N) is 1. The minimum absolute atomic E-state index is 0.0563. The summed E-state index contributed by atoms with van der Waals surface area (Å²) in [6, 6.07) is 9.17. The number of aromatic nitrogens is 1. The van der Waals surface area contributed by atoms with Gasteiger partial charge < -0.3 is 19.9 Å². The van der Waals surface area contributed by atoms with Crippen molar-refractivity contribution in [1.29, 1.82) is 0 Å². The number of hydrogen-bond donors (Lipinski definition) is 3. The Morgan fingerprint density at radius 1 is 1.04 bits per heavy atom. The molecular formula is C21H24N2O5. The van der Waals surface area contributed by atoms with Gasteiger partial charge in [0.2, 0.25) is 0 Å². The van der Waals surface area contributed by atoms with Crippen molar-refractivity contribution in [3.05, 3.63) is 62.9 Å². The van der Waals surface area contributed by atoms with Gasteiger partial charge in [-0.1, -0.05) is 26.2 Å². The van der Waals surface area contributed by atoms with Gasteiger partial charge in [-0.15, -0.1) is 0 Å². The summed E-state index contributed by atoms with van der Waals surface area (Å²) in [6.45, 7) is 2.70. The molecule has 0 spiro atoms. The van der Waals surface area contributed by atoms with Crippen molar-refractivity contribution in [1.82, 2.24) is 4.57 Å². The molecule has 0 radical (unpaired) electrons. The van der Waals surface area contributed by atoms with Crippen molar-refractivity contribution in [2.24, 2.45) is 0 Å². The Balaban J connectivity index is 1.84. The largest absolute Gasteiger partial charge is 0.508 e. The Morgan fingerprint density at radius 2 is 1.86 bits per heavy atom. The lowest BCUT2D eigenvalue weighted by molar-refractivity contribution is 0.441. The third-order valence-corrected chi connectivity index (χ3v) is 4.65. The van der Waals surface area contributed by atoms with Crippen LogP contribution in [0.1, 0.15) is 38.2 Å². The van der Waals surface area contributed by atoms with Gasteiger partial charge in [0.25, 0.3) is 5.56 Å². The number of nitrogens with one attached hydrogen (secondary N) is 1. The highest BCUT2D eigenvalue weighted by Gasteiger charge is 2.11. The summed E-state index contributed by atoms with van der Waals surface area (Å²) in [4.78, 5) is 24.9. The molecule has 0 saturated heterocycles. The van der Waals surface area contributed by atoms with E-state index in [-0.39, 0.29) is 29.2 Å². The molecule has 7 nitrogen and oxygen atoms in total. The fourth-order valence-electron chi connectivity index (χ4n) is 3.07. The Hall–Kier alpha value is -3.22. The van der Waals surface area contributed by atoms with E-state index in [4.69, 9.17) is 4.42 Å². The molecule has 0 aliphatic rings. The van der Waals surface area contributed by atoms with Gasteiger partial charge in [-0.05, 0) is 42.8 Å². The molecule has 1 aromatic heterocycles. The first-order chi connectivity index (χ1) is 13.5. The first-order valence-corrected chi connectivity index (χ1v) is 9.42. The zero-order valence-electron chi connectivity index (χ0n) is 15.8. The van der Waals surface area contributed by atoms with Gasteiger partial charge in [0.1, 0.15) is 17.1 Å². The highest BCUT2D eigenvalue weighted by Crippen LogP contribution is 2.23. The Bertz CT molecular complexity index is 1080. The fraction of sp³-hybridized carbons (Fsp3) is 0.333. The summed E-state index contributed by atoms with van der Waals surface area (Å²) >= 11 is 0. The molecule has 0 atom stereocenters. The Morgan fingerprint density at radius 3 is 2.64 bits per heavy atom. The van der Waals surface area contributed by atoms with Gasteiger partial charge in [-0.3, -0.25) is 4.79 Å². The minimum Gasteiger partial charge on any atom is -0.508 e. The van der Waals surface area contributed by atoms with E-state index >= 15 is 0 Å². The molecule has 3 aromatic rings.